The number of benzene rings is 1. The van der Waals surface area contributed by atoms with Gasteiger partial charge >= 0.3 is 5.97 Å². The van der Waals surface area contributed by atoms with E-state index in [4.69, 9.17) is 23.7 Å². The molecule has 3 aliphatic heterocycles. The minimum absolute atomic E-state index is 0.0496. The number of esters is 1. The van der Waals surface area contributed by atoms with Gasteiger partial charge in [0.2, 0.25) is 0 Å². The van der Waals surface area contributed by atoms with Crippen LogP contribution in [0.1, 0.15) is 16.8 Å². The van der Waals surface area contributed by atoms with Crippen LogP contribution in [0.15, 0.2) is 24.3 Å². The van der Waals surface area contributed by atoms with E-state index in [9.17, 15) is 4.79 Å². The molecule has 1 aromatic carbocycles. The maximum atomic E-state index is 12.5. The first-order chi connectivity index (χ1) is 11.2. The largest absolute Gasteiger partial charge is 0.497 e. The molecule has 6 nitrogen and oxygen atoms in total. The molecule has 0 radical (unpaired) electrons. The molecule has 4 fully saturated rings. The fraction of sp³-hybridized carbons (Fsp3) is 0.588. The van der Waals surface area contributed by atoms with Crippen molar-refractivity contribution in [2.45, 2.75) is 30.5 Å². The summed E-state index contributed by atoms with van der Waals surface area (Å²) in [4.78, 5) is 12.5. The van der Waals surface area contributed by atoms with Crippen LogP contribution in [0.3, 0.4) is 0 Å². The van der Waals surface area contributed by atoms with E-state index in [1.54, 1.807) is 31.4 Å². The summed E-state index contributed by atoms with van der Waals surface area (Å²) >= 11 is 0. The number of carbonyl (C=O) groups excluding carboxylic acids is 1. The van der Waals surface area contributed by atoms with Crippen molar-refractivity contribution < 1.29 is 28.5 Å². The summed E-state index contributed by atoms with van der Waals surface area (Å²) in [5.41, 5.74) is 0.248. The van der Waals surface area contributed by atoms with Crippen molar-refractivity contribution in [3.05, 3.63) is 29.8 Å². The Morgan fingerprint density at radius 1 is 1.26 bits per heavy atom. The third-order valence-corrected chi connectivity index (χ3v) is 5.59. The van der Waals surface area contributed by atoms with Crippen molar-refractivity contribution in [3.8, 4) is 5.75 Å². The summed E-state index contributed by atoms with van der Waals surface area (Å²) in [6.45, 7) is 1.19. The van der Waals surface area contributed by atoms with Crippen molar-refractivity contribution in [2.24, 2.45) is 11.8 Å². The average molecular weight is 318 g/mol. The van der Waals surface area contributed by atoms with E-state index < -0.39 is 0 Å². The van der Waals surface area contributed by atoms with Crippen molar-refractivity contribution in [1.82, 2.24) is 0 Å². The lowest BCUT2D eigenvalue weighted by atomic mass is 9.85. The molecule has 6 heteroatoms. The third-order valence-electron chi connectivity index (χ3n) is 5.59. The van der Waals surface area contributed by atoms with Crippen LogP contribution in [0.25, 0.3) is 0 Å². The lowest BCUT2D eigenvalue weighted by Crippen LogP contribution is -2.41. The van der Waals surface area contributed by atoms with Gasteiger partial charge in [-0.3, -0.25) is 0 Å². The highest BCUT2D eigenvalue weighted by atomic mass is 16.7. The van der Waals surface area contributed by atoms with Gasteiger partial charge in [0, 0.05) is 5.92 Å². The summed E-state index contributed by atoms with van der Waals surface area (Å²) in [7, 11) is 1.60. The minimum atomic E-state index is -0.313. The fourth-order valence-corrected chi connectivity index (χ4v) is 4.45. The molecular formula is C17H18O6. The van der Waals surface area contributed by atoms with Crippen LogP contribution in [0.2, 0.25) is 0 Å². The number of hydrogen-bond acceptors (Lipinski definition) is 6. The molecule has 5 rings (SSSR count). The lowest BCUT2D eigenvalue weighted by molar-refractivity contribution is -0.179. The fourth-order valence-electron chi connectivity index (χ4n) is 4.45. The molecule has 0 N–H and O–H groups in total. The quantitative estimate of drug-likeness (QED) is 0.620. The number of ether oxygens (including phenoxy) is 5. The maximum absolute atomic E-state index is 12.5. The first-order valence-electron chi connectivity index (χ1n) is 7.99. The summed E-state index contributed by atoms with van der Waals surface area (Å²) in [5, 5.41) is 0. The van der Waals surface area contributed by atoms with Crippen LogP contribution in [-0.4, -0.2) is 50.4 Å². The molecule has 3 saturated heterocycles. The molecule has 4 aliphatic rings. The van der Waals surface area contributed by atoms with Gasteiger partial charge in [0.1, 0.15) is 23.6 Å². The van der Waals surface area contributed by atoms with Crippen LogP contribution in [0.4, 0.5) is 0 Å². The number of carbonyl (C=O) groups is 1. The van der Waals surface area contributed by atoms with Crippen molar-refractivity contribution >= 4 is 5.97 Å². The predicted molar refractivity (Wildman–Crippen MR) is 77.1 cm³/mol. The van der Waals surface area contributed by atoms with Gasteiger partial charge < -0.3 is 23.7 Å². The molecule has 1 spiro atoms. The van der Waals surface area contributed by atoms with E-state index in [0.717, 1.165) is 6.42 Å². The Balaban J connectivity index is 1.35. The van der Waals surface area contributed by atoms with E-state index in [2.05, 4.69) is 0 Å². The van der Waals surface area contributed by atoms with Crippen molar-refractivity contribution in [3.63, 3.8) is 0 Å². The van der Waals surface area contributed by atoms with E-state index >= 15 is 0 Å². The zero-order chi connectivity index (χ0) is 15.6. The second-order valence-electron chi connectivity index (χ2n) is 6.62. The molecule has 0 bridgehead atoms. The topological polar surface area (TPSA) is 66.5 Å². The first kappa shape index (κ1) is 13.8. The number of hydrogen-bond donors (Lipinski definition) is 0. The molecule has 0 aromatic heterocycles. The van der Waals surface area contributed by atoms with Gasteiger partial charge in [0.25, 0.3) is 0 Å². The molecule has 3 heterocycles. The summed E-state index contributed by atoms with van der Waals surface area (Å²) in [6.07, 6.45) is 0.423. The molecule has 6 atom stereocenters. The van der Waals surface area contributed by atoms with Crippen LogP contribution in [0.5, 0.6) is 5.75 Å². The molecule has 0 unspecified atom stereocenters. The van der Waals surface area contributed by atoms with Crippen LogP contribution in [-0.2, 0) is 18.9 Å². The smallest absolute Gasteiger partial charge is 0.338 e. The highest BCUT2D eigenvalue weighted by Crippen LogP contribution is 2.64. The molecule has 0 amide bonds. The van der Waals surface area contributed by atoms with Crippen LogP contribution in [0, 0.1) is 11.8 Å². The highest BCUT2D eigenvalue weighted by molar-refractivity contribution is 5.89. The van der Waals surface area contributed by atoms with Crippen molar-refractivity contribution in [1.29, 1.82) is 0 Å². The standard InChI is InChI=1S/C17H18O6/c1-19-10-4-2-9(3-5-10)15(18)22-13-11-6-7-20-16-12(11)17(8-21-16)14(13)23-17/h2-5,11-14,16H,6-8H2,1H3/t11-,12-,13+,14+,16-,17-/m1/s1. The van der Waals surface area contributed by atoms with Crippen molar-refractivity contribution in [2.75, 3.05) is 20.3 Å². The summed E-state index contributed by atoms with van der Waals surface area (Å²) in [5.74, 6) is 0.852. The zero-order valence-electron chi connectivity index (χ0n) is 12.8. The Labute approximate surface area is 133 Å². The molecule has 1 aliphatic carbocycles. The second-order valence-corrected chi connectivity index (χ2v) is 6.62. The number of methoxy groups -OCH3 is 1. The summed E-state index contributed by atoms with van der Waals surface area (Å²) < 4.78 is 28.2. The first-order valence-corrected chi connectivity index (χ1v) is 7.99. The lowest BCUT2D eigenvalue weighted by Gasteiger charge is -2.34. The molecule has 23 heavy (non-hydrogen) atoms. The van der Waals surface area contributed by atoms with E-state index in [0.29, 0.717) is 24.5 Å². The van der Waals surface area contributed by atoms with Gasteiger partial charge in [-0.15, -0.1) is 0 Å². The Morgan fingerprint density at radius 3 is 2.87 bits per heavy atom. The van der Waals surface area contributed by atoms with Gasteiger partial charge in [0.05, 0.1) is 31.8 Å². The monoisotopic (exact) mass is 318 g/mol. The average Bonchev–Trinajstić information content (AvgIpc) is 3.10. The third kappa shape index (κ3) is 1.83. The number of epoxide rings is 1. The molecule has 122 valence electrons. The van der Waals surface area contributed by atoms with Gasteiger partial charge in [-0.05, 0) is 30.7 Å². The Bertz CT molecular complexity index is 643. The van der Waals surface area contributed by atoms with Gasteiger partial charge in [-0.1, -0.05) is 0 Å². The summed E-state index contributed by atoms with van der Waals surface area (Å²) in [6, 6.07) is 6.95. The van der Waals surface area contributed by atoms with Crippen LogP contribution >= 0.6 is 0 Å². The Morgan fingerprint density at radius 2 is 2.09 bits per heavy atom. The Hall–Kier alpha value is -1.63. The number of rotatable bonds is 3. The normalized spacial score (nSPS) is 42.7. The van der Waals surface area contributed by atoms with E-state index in [1.807, 2.05) is 0 Å². The molecule has 1 aromatic rings. The van der Waals surface area contributed by atoms with E-state index in [-0.39, 0.29) is 41.9 Å². The molecule has 1 saturated carbocycles. The highest BCUT2D eigenvalue weighted by Gasteiger charge is 2.80. The SMILES string of the molecule is COc1ccc(C(=O)O[C@H]2[C@@H]3CCO[C@@H]4OC[C@@]5(O[C@@H]25)[C@@H]43)cc1. The minimum Gasteiger partial charge on any atom is -0.497 e. The Kier molecular flexibility index (Phi) is 2.81. The van der Waals surface area contributed by atoms with E-state index in [1.165, 1.54) is 0 Å². The van der Waals surface area contributed by atoms with Gasteiger partial charge in [0.15, 0.2) is 6.29 Å². The molecular weight excluding hydrogens is 300 g/mol. The van der Waals surface area contributed by atoms with Crippen LogP contribution < -0.4 is 4.74 Å². The van der Waals surface area contributed by atoms with Gasteiger partial charge in [-0.2, -0.15) is 0 Å². The maximum Gasteiger partial charge on any atom is 0.338 e. The predicted octanol–water partition coefficient (Wildman–Crippen LogP) is 1.38. The van der Waals surface area contributed by atoms with Gasteiger partial charge in [-0.25, -0.2) is 4.79 Å². The zero-order valence-corrected chi connectivity index (χ0v) is 12.8. The second kappa shape index (κ2) is 4.69.